The molecule has 2 aliphatic heterocycles. The zero-order valence-electron chi connectivity index (χ0n) is 17.2. The van der Waals surface area contributed by atoms with E-state index in [2.05, 4.69) is 6.92 Å². The van der Waals surface area contributed by atoms with E-state index in [0.29, 0.717) is 34.1 Å². The maximum atomic E-state index is 13.5. The lowest BCUT2D eigenvalue weighted by molar-refractivity contribution is -0.138. The predicted octanol–water partition coefficient (Wildman–Crippen LogP) is 3.85. The first-order valence-electron chi connectivity index (χ1n) is 10.2. The number of ether oxygens (including phenoxy) is 1. The van der Waals surface area contributed by atoms with Crippen molar-refractivity contribution in [1.82, 2.24) is 9.80 Å². The number of piperidine rings is 1. The van der Waals surface area contributed by atoms with E-state index in [1.54, 1.807) is 25.3 Å². The van der Waals surface area contributed by atoms with Crippen molar-refractivity contribution in [2.45, 2.75) is 26.3 Å². The van der Waals surface area contributed by atoms with Crippen LogP contribution in [-0.2, 0) is 16.1 Å². The normalized spacial score (nSPS) is 19.6. The highest BCUT2D eigenvalue weighted by Gasteiger charge is 2.43. The van der Waals surface area contributed by atoms with Crippen molar-refractivity contribution >= 4 is 17.4 Å². The summed E-state index contributed by atoms with van der Waals surface area (Å²) in [6, 6.07) is 13.1. The van der Waals surface area contributed by atoms with E-state index in [-0.39, 0.29) is 24.2 Å². The molecule has 2 aromatic carbocycles. The number of carbonyl (C=O) groups excluding carboxylic acids is 2. The predicted molar refractivity (Wildman–Crippen MR) is 112 cm³/mol. The number of hydrogen-bond donors (Lipinski definition) is 0. The highest BCUT2D eigenvalue weighted by Crippen LogP contribution is 2.38. The average Bonchev–Trinajstić information content (AvgIpc) is 2.99. The van der Waals surface area contributed by atoms with Crippen molar-refractivity contribution in [3.8, 4) is 5.75 Å². The van der Waals surface area contributed by atoms with Crippen LogP contribution in [0.25, 0.3) is 5.57 Å². The number of nitrogens with zero attached hydrogens (tertiary/aromatic N) is 2. The number of amides is 2. The number of rotatable bonds is 5. The van der Waals surface area contributed by atoms with Gasteiger partial charge in [-0.05, 0) is 42.5 Å². The van der Waals surface area contributed by atoms with Crippen molar-refractivity contribution < 1.29 is 18.7 Å². The Balaban J connectivity index is 1.77. The van der Waals surface area contributed by atoms with Crippen LogP contribution in [0.3, 0.4) is 0 Å². The summed E-state index contributed by atoms with van der Waals surface area (Å²) in [6.45, 7) is 3.73. The van der Waals surface area contributed by atoms with Crippen LogP contribution in [0.5, 0.6) is 5.75 Å². The number of likely N-dealkylation sites (tertiary alicyclic amines) is 1. The second-order valence-corrected chi connectivity index (χ2v) is 7.94. The Kier molecular flexibility index (Phi) is 5.57. The van der Waals surface area contributed by atoms with E-state index < -0.39 is 0 Å². The Morgan fingerprint density at radius 1 is 1.07 bits per heavy atom. The second kappa shape index (κ2) is 8.30. The molecule has 2 aliphatic rings. The number of imide groups is 1. The van der Waals surface area contributed by atoms with Crippen LogP contribution in [0.4, 0.5) is 4.39 Å². The van der Waals surface area contributed by atoms with Crippen molar-refractivity contribution in [2.75, 3.05) is 20.2 Å². The average molecular weight is 408 g/mol. The monoisotopic (exact) mass is 408 g/mol. The number of para-hydroxylation sites is 1. The first-order valence-corrected chi connectivity index (χ1v) is 10.2. The SMILES string of the molecule is COc1ccccc1C1=C(N2CCCC(C)C2)C(=O)N(Cc2ccc(F)cc2)C1=O. The maximum Gasteiger partial charge on any atom is 0.278 e. The summed E-state index contributed by atoms with van der Waals surface area (Å²) in [4.78, 5) is 30.2. The van der Waals surface area contributed by atoms with Crippen molar-refractivity contribution in [3.05, 3.63) is 71.2 Å². The fourth-order valence-electron chi connectivity index (χ4n) is 4.26. The zero-order valence-corrected chi connectivity index (χ0v) is 17.2. The molecule has 2 amide bonds. The van der Waals surface area contributed by atoms with Crippen LogP contribution in [0, 0.1) is 11.7 Å². The van der Waals surface area contributed by atoms with Gasteiger partial charge < -0.3 is 9.64 Å². The highest BCUT2D eigenvalue weighted by molar-refractivity contribution is 6.35. The Labute approximate surface area is 175 Å². The Hall–Kier alpha value is -3.15. The van der Waals surface area contributed by atoms with Gasteiger partial charge in [0.1, 0.15) is 17.3 Å². The third-order valence-electron chi connectivity index (χ3n) is 5.75. The lowest BCUT2D eigenvalue weighted by atomic mass is 9.97. The summed E-state index contributed by atoms with van der Waals surface area (Å²) in [5.41, 5.74) is 2.14. The van der Waals surface area contributed by atoms with Gasteiger partial charge in [0.25, 0.3) is 11.8 Å². The molecule has 1 unspecified atom stereocenters. The zero-order chi connectivity index (χ0) is 21.3. The summed E-state index contributed by atoms with van der Waals surface area (Å²) < 4.78 is 18.8. The van der Waals surface area contributed by atoms with E-state index >= 15 is 0 Å². The van der Waals surface area contributed by atoms with Crippen LogP contribution < -0.4 is 4.74 Å². The molecule has 1 atom stereocenters. The minimum atomic E-state index is -0.353. The van der Waals surface area contributed by atoms with Crippen molar-refractivity contribution in [1.29, 1.82) is 0 Å². The van der Waals surface area contributed by atoms with E-state index in [1.807, 2.05) is 23.1 Å². The minimum Gasteiger partial charge on any atom is -0.496 e. The van der Waals surface area contributed by atoms with Gasteiger partial charge in [-0.1, -0.05) is 37.3 Å². The fourth-order valence-corrected chi connectivity index (χ4v) is 4.26. The smallest absolute Gasteiger partial charge is 0.278 e. The molecule has 0 radical (unpaired) electrons. The molecule has 1 saturated heterocycles. The molecule has 30 heavy (non-hydrogen) atoms. The van der Waals surface area contributed by atoms with Gasteiger partial charge in [-0.3, -0.25) is 14.5 Å². The van der Waals surface area contributed by atoms with Crippen molar-refractivity contribution in [3.63, 3.8) is 0 Å². The molecule has 4 rings (SSSR count). The van der Waals surface area contributed by atoms with E-state index in [4.69, 9.17) is 4.74 Å². The lowest BCUT2D eigenvalue weighted by Crippen LogP contribution is -2.39. The van der Waals surface area contributed by atoms with Gasteiger partial charge in [-0.2, -0.15) is 0 Å². The standard InChI is InChI=1S/C24H25FN2O3/c1-16-6-5-13-26(14-16)22-21(19-7-3-4-8-20(19)30-2)23(28)27(24(22)29)15-17-9-11-18(25)12-10-17/h3-4,7-12,16H,5-6,13-15H2,1-2H3. The molecular formula is C24H25FN2O3. The molecule has 0 bridgehead atoms. The molecule has 2 aromatic rings. The minimum absolute atomic E-state index is 0.101. The molecule has 2 heterocycles. The molecule has 0 aromatic heterocycles. The van der Waals surface area contributed by atoms with Gasteiger partial charge >= 0.3 is 0 Å². The number of benzene rings is 2. The molecule has 0 spiro atoms. The van der Waals surface area contributed by atoms with E-state index in [1.165, 1.54) is 17.0 Å². The van der Waals surface area contributed by atoms with Crippen LogP contribution in [0.2, 0.25) is 0 Å². The summed E-state index contributed by atoms with van der Waals surface area (Å²) in [5.74, 6) is -0.00547. The van der Waals surface area contributed by atoms with Gasteiger partial charge in [0, 0.05) is 18.7 Å². The third kappa shape index (κ3) is 3.70. The van der Waals surface area contributed by atoms with Crippen molar-refractivity contribution in [2.24, 2.45) is 5.92 Å². The second-order valence-electron chi connectivity index (χ2n) is 7.94. The van der Waals surface area contributed by atoms with Gasteiger partial charge in [-0.15, -0.1) is 0 Å². The Morgan fingerprint density at radius 3 is 2.50 bits per heavy atom. The molecule has 1 fully saturated rings. The molecule has 0 aliphatic carbocycles. The number of hydrogen-bond acceptors (Lipinski definition) is 4. The molecule has 6 heteroatoms. The Morgan fingerprint density at radius 2 is 1.80 bits per heavy atom. The van der Waals surface area contributed by atoms with Gasteiger partial charge in [-0.25, -0.2) is 4.39 Å². The summed E-state index contributed by atoms with van der Waals surface area (Å²) in [6.07, 6.45) is 2.08. The number of methoxy groups -OCH3 is 1. The van der Waals surface area contributed by atoms with Gasteiger partial charge in [0.05, 0.1) is 19.2 Å². The molecular weight excluding hydrogens is 383 g/mol. The maximum absolute atomic E-state index is 13.5. The van der Waals surface area contributed by atoms with E-state index in [0.717, 1.165) is 25.9 Å². The summed E-state index contributed by atoms with van der Waals surface area (Å²) in [7, 11) is 1.56. The Bertz CT molecular complexity index is 1000. The molecule has 156 valence electrons. The van der Waals surface area contributed by atoms with Crippen LogP contribution >= 0.6 is 0 Å². The number of halogens is 1. The van der Waals surface area contributed by atoms with E-state index in [9.17, 15) is 14.0 Å². The lowest BCUT2D eigenvalue weighted by Gasteiger charge is -2.33. The first-order chi connectivity index (χ1) is 14.5. The van der Waals surface area contributed by atoms with Crippen LogP contribution in [0.15, 0.2) is 54.2 Å². The summed E-state index contributed by atoms with van der Waals surface area (Å²) >= 11 is 0. The third-order valence-corrected chi connectivity index (χ3v) is 5.75. The highest BCUT2D eigenvalue weighted by atomic mass is 19.1. The molecule has 0 N–H and O–H groups in total. The quantitative estimate of drug-likeness (QED) is 0.706. The van der Waals surface area contributed by atoms with Gasteiger partial charge in [0.15, 0.2) is 0 Å². The first kappa shape index (κ1) is 20.1. The largest absolute Gasteiger partial charge is 0.496 e. The fraction of sp³-hybridized carbons (Fsp3) is 0.333. The van der Waals surface area contributed by atoms with Crippen LogP contribution in [-0.4, -0.2) is 41.8 Å². The molecule has 5 nitrogen and oxygen atoms in total. The molecule has 0 saturated carbocycles. The van der Waals surface area contributed by atoms with Crippen LogP contribution in [0.1, 0.15) is 30.9 Å². The summed E-state index contributed by atoms with van der Waals surface area (Å²) in [5, 5.41) is 0. The van der Waals surface area contributed by atoms with Gasteiger partial charge in [0.2, 0.25) is 0 Å². The topological polar surface area (TPSA) is 49.9 Å². The number of carbonyl (C=O) groups is 2.